The van der Waals surface area contributed by atoms with Crippen LogP contribution in [0.2, 0.25) is 0 Å². The average Bonchev–Trinajstić information content (AvgIpc) is 3.02. The topological polar surface area (TPSA) is 99.2 Å². The molecule has 0 aliphatic carbocycles. The lowest BCUT2D eigenvalue weighted by Gasteiger charge is -2.27. The van der Waals surface area contributed by atoms with E-state index in [9.17, 15) is 19.2 Å². The van der Waals surface area contributed by atoms with Crippen LogP contribution in [0, 0.1) is 19.8 Å². The summed E-state index contributed by atoms with van der Waals surface area (Å²) < 4.78 is 0. The molecule has 1 atom stereocenters. The molecule has 5 amide bonds. The third-order valence-corrected chi connectivity index (χ3v) is 5.37. The summed E-state index contributed by atoms with van der Waals surface area (Å²) >= 11 is 0. The number of urea groups is 1. The molecule has 8 nitrogen and oxygen atoms in total. The standard InChI is InChI=1S/C23H20N4O4/c1-13-9-10-17(11-14(13)2)26-21(29)19(20(28)24-23(26)31)12-18-15(3)25-27(22(18)30)16-7-5-4-6-8-16/h4-12,18H,1-3H3,(H,24,28,31)/b19-12-/t18-/m1/s1. The number of benzene rings is 2. The Bertz CT molecular complexity index is 1180. The fourth-order valence-corrected chi connectivity index (χ4v) is 3.47. The molecular formula is C23H20N4O4. The average molecular weight is 416 g/mol. The van der Waals surface area contributed by atoms with Crippen LogP contribution in [0.4, 0.5) is 16.2 Å². The molecule has 2 aromatic carbocycles. The predicted molar refractivity (Wildman–Crippen MR) is 116 cm³/mol. The normalized spacial score (nSPS) is 20.4. The molecule has 0 saturated carbocycles. The van der Waals surface area contributed by atoms with Crippen molar-refractivity contribution < 1.29 is 19.2 Å². The number of imide groups is 2. The number of carbonyl (C=O) groups is 4. The highest BCUT2D eigenvalue weighted by atomic mass is 16.2. The molecule has 0 spiro atoms. The number of amides is 5. The summed E-state index contributed by atoms with van der Waals surface area (Å²) in [7, 11) is 0. The number of anilines is 2. The predicted octanol–water partition coefficient (Wildman–Crippen LogP) is 2.85. The maximum absolute atomic E-state index is 13.1. The Balaban J connectivity index is 1.68. The summed E-state index contributed by atoms with van der Waals surface area (Å²) in [6.45, 7) is 5.43. The van der Waals surface area contributed by atoms with Crippen molar-refractivity contribution >= 4 is 40.8 Å². The van der Waals surface area contributed by atoms with Gasteiger partial charge in [-0.2, -0.15) is 10.1 Å². The quantitative estimate of drug-likeness (QED) is 0.614. The van der Waals surface area contributed by atoms with E-state index in [1.54, 1.807) is 49.4 Å². The van der Waals surface area contributed by atoms with E-state index < -0.39 is 23.8 Å². The molecule has 2 aromatic rings. The maximum atomic E-state index is 13.1. The van der Waals surface area contributed by atoms with Gasteiger partial charge in [0.1, 0.15) is 5.57 Å². The number of aryl methyl sites for hydroxylation is 2. The summed E-state index contributed by atoms with van der Waals surface area (Å²) in [5.41, 5.74) is 2.99. The van der Waals surface area contributed by atoms with Gasteiger partial charge in [-0.05, 0) is 62.2 Å². The third-order valence-electron chi connectivity index (χ3n) is 5.37. The molecule has 0 aromatic heterocycles. The molecule has 2 heterocycles. The zero-order chi connectivity index (χ0) is 22.3. The van der Waals surface area contributed by atoms with Crippen LogP contribution in [-0.4, -0.2) is 29.5 Å². The monoisotopic (exact) mass is 416 g/mol. The molecule has 0 unspecified atom stereocenters. The first-order chi connectivity index (χ1) is 14.8. The van der Waals surface area contributed by atoms with Crippen molar-refractivity contribution in [3.8, 4) is 0 Å². The second-order valence-corrected chi connectivity index (χ2v) is 7.45. The number of nitrogens with zero attached hydrogens (tertiary/aromatic N) is 3. The number of nitrogens with one attached hydrogen (secondary N) is 1. The van der Waals surface area contributed by atoms with Gasteiger partial charge in [-0.3, -0.25) is 19.7 Å². The first kappa shape index (κ1) is 20.2. The molecule has 31 heavy (non-hydrogen) atoms. The minimum absolute atomic E-state index is 0.277. The van der Waals surface area contributed by atoms with Gasteiger partial charge < -0.3 is 0 Å². The Morgan fingerprint density at radius 2 is 1.61 bits per heavy atom. The van der Waals surface area contributed by atoms with Gasteiger partial charge in [0.15, 0.2) is 0 Å². The highest BCUT2D eigenvalue weighted by molar-refractivity contribution is 6.38. The third kappa shape index (κ3) is 3.52. The number of carbonyl (C=O) groups excluding carboxylic acids is 4. The van der Waals surface area contributed by atoms with Crippen LogP contribution in [0.5, 0.6) is 0 Å². The summed E-state index contributed by atoms with van der Waals surface area (Å²) in [5.74, 6) is -2.89. The Labute approximate surface area is 178 Å². The van der Waals surface area contributed by atoms with Gasteiger partial charge in [0, 0.05) is 0 Å². The van der Waals surface area contributed by atoms with Crippen LogP contribution in [0.3, 0.4) is 0 Å². The summed E-state index contributed by atoms with van der Waals surface area (Å²) in [5, 5.41) is 7.71. The minimum atomic E-state index is -0.889. The van der Waals surface area contributed by atoms with Crippen LogP contribution >= 0.6 is 0 Å². The SMILES string of the molecule is CC1=NN(c2ccccc2)C(=O)[C@@H]1/C=C1/C(=O)NC(=O)N(c2ccc(C)c(C)c2)C1=O. The molecule has 0 radical (unpaired) electrons. The molecule has 1 N–H and O–H groups in total. The van der Waals surface area contributed by atoms with Crippen molar-refractivity contribution in [2.45, 2.75) is 20.8 Å². The van der Waals surface area contributed by atoms with Crippen LogP contribution in [0.15, 0.2) is 65.3 Å². The van der Waals surface area contributed by atoms with E-state index in [0.29, 0.717) is 17.1 Å². The zero-order valence-corrected chi connectivity index (χ0v) is 17.2. The lowest BCUT2D eigenvalue weighted by Crippen LogP contribution is -2.54. The van der Waals surface area contributed by atoms with Gasteiger partial charge in [0.05, 0.1) is 23.0 Å². The molecule has 8 heteroatoms. The van der Waals surface area contributed by atoms with E-state index in [2.05, 4.69) is 10.4 Å². The first-order valence-electron chi connectivity index (χ1n) is 9.71. The number of hydrazone groups is 1. The van der Waals surface area contributed by atoms with E-state index >= 15 is 0 Å². The van der Waals surface area contributed by atoms with E-state index in [1.165, 1.54) is 11.1 Å². The van der Waals surface area contributed by atoms with E-state index in [0.717, 1.165) is 16.0 Å². The van der Waals surface area contributed by atoms with Crippen LogP contribution in [0.1, 0.15) is 18.1 Å². The van der Waals surface area contributed by atoms with Crippen molar-refractivity contribution in [1.82, 2.24) is 5.32 Å². The fraction of sp³-hybridized carbons (Fsp3) is 0.174. The van der Waals surface area contributed by atoms with Crippen molar-refractivity contribution in [3.63, 3.8) is 0 Å². The maximum Gasteiger partial charge on any atom is 0.335 e. The highest BCUT2D eigenvalue weighted by Gasteiger charge is 2.40. The largest absolute Gasteiger partial charge is 0.335 e. The van der Waals surface area contributed by atoms with Crippen LogP contribution in [-0.2, 0) is 14.4 Å². The van der Waals surface area contributed by atoms with Gasteiger partial charge in [-0.1, -0.05) is 24.3 Å². The molecule has 2 aliphatic rings. The van der Waals surface area contributed by atoms with Gasteiger partial charge >= 0.3 is 6.03 Å². The number of hydrogen-bond donors (Lipinski definition) is 1. The number of rotatable bonds is 3. The van der Waals surface area contributed by atoms with Crippen LogP contribution in [0.25, 0.3) is 0 Å². The minimum Gasteiger partial charge on any atom is -0.273 e. The van der Waals surface area contributed by atoms with Crippen molar-refractivity contribution in [2.24, 2.45) is 11.0 Å². The summed E-state index contributed by atoms with van der Waals surface area (Å²) in [4.78, 5) is 51.8. The Morgan fingerprint density at radius 1 is 0.903 bits per heavy atom. The van der Waals surface area contributed by atoms with Crippen molar-refractivity contribution in [3.05, 3.63) is 71.3 Å². The van der Waals surface area contributed by atoms with E-state index in [4.69, 9.17) is 0 Å². The number of barbiturate groups is 1. The second kappa shape index (κ2) is 7.64. The molecule has 4 rings (SSSR count). The van der Waals surface area contributed by atoms with Gasteiger partial charge in [-0.25, -0.2) is 9.69 Å². The number of para-hydroxylation sites is 1. The van der Waals surface area contributed by atoms with Crippen LogP contribution < -0.4 is 15.2 Å². The summed E-state index contributed by atoms with van der Waals surface area (Å²) in [6.07, 6.45) is 1.28. The molecular weight excluding hydrogens is 396 g/mol. The first-order valence-corrected chi connectivity index (χ1v) is 9.71. The van der Waals surface area contributed by atoms with E-state index in [1.807, 2.05) is 19.9 Å². The second-order valence-electron chi connectivity index (χ2n) is 7.45. The number of hydrogen-bond acceptors (Lipinski definition) is 5. The van der Waals surface area contributed by atoms with Gasteiger partial charge in [0.2, 0.25) is 0 Å². The zero-order valence-electron chi connectivity index (χ0n) is 17.2. The van der Waals surface area contributed by atoms with Crippen molar-refractivity contribution in [2.75, 3.05) is 9.91 Å². The summed E-state index contributed by atoms with van der Waals surface area (Å²) in [6, 6.07) is 13.2. The Hall–Kier alpha value is -4.07. The molecule has 156 valence electrons. The lowest BCUT2D eigenvalue weighted by molar-refractivity contribution is -0.122. The lowest BCUT2D eigenvalue weighted by atomic mass is 9.98. The Morgan fingerprint density at radius 3 is 2.29 bits per heavy atom. The molecule has 1 saturated heterocycles. The van der Waals surface area contributed by atoms with E-state index in [-0.39, 0.29) is 11.5 Å². The highest BCUT2D eigenvalue weighted by Crippen LogP contribution is 2.28. The van der Waals surface area contributed by atoms with Gasteiger partial charge in [0.25, 0.3) is 17.7 Å². The molecule has 2 aliphatic heterocycles. The Kier molecular flexibility index (Phi) is 4.98. The fourth-order valence-electron chi connectivity index (χ4n) is 3.47. The van der Waals surface area contributed by atoms with Crippen molar-refractivity contribution in [1.29, 1.82) is 0 Å². The molecule has 1 fully saturated rings. The smallest absolute Gasteiger partial charge is 0.273 e. The molecule has 0 bridgehead atoms. The van der Waals surface area contributed by atoms with Gasteiger partial charge in [-0.15, -0.1) is 0 Å².